The van der Waals surface area contributed by atoms with E-state index in [1.807, 2.05) is 0 Å². The number of aliphatic hydroxyl groups excluding tert-OH is 1. The van der Waals surface area contributed by atoms with Crippen LogP contribution in [0.3, 0.4) is 0 Å². The third-order valence-electron chi connectivity index (χ3n) is 2.52. The molecule has 0 aromatic carbocycles. The Morgan fingerprint density at radius 1 is 1.50 bits per heavy atom. The normalized spacial score (nSPS) is 12.3. The van der Waals surface area contributed by atoms with Gasteiger partial charge in [-0.05, 0) is 26.0 Å². The maximum Gasteiger partial charge on any atom is 0.245 e. The van der Waals surface area contributed by atoms with Crippen molar-refractivity contribution in [1.29, 1.82) is 0 Å². The molecule has 1 heterocycles. The van der Waals surface area contributed by atoms with Crippen LogP contribution in [0, 0.1) is 0 Å². The first-order chi connectivity index (χ1) is 8.45. The first-order valence-corrected chi connectivity index (χ1v) is 7.15. The van der Waals surface area contributed by atoms with Crippen molar-refractivity contribution >= 4 is 10.0 Å². The molecule has 1 aromatic rings. The Kier molecular flexibility index (Phi) is 5.21. The van der Waals surface area contributed by atoms with Gasteiger partial charge >= 0.3 is 0 Å². The predicted molar refractivity (Wildman–Crippen MR) is 68.2 cm³/mol. The number of sulfonamides is 1. The minimum absolute atomic E-state index is 0.0545. The number of aliphatic hydroxyl groups is 1. The van der Waals surface area contributed by atoms with Gasteiger partial charge in [0.15, 0.2) is 0 Å². The fourth-order valence-electron chi connectivity index (χ4n) is 1.69. The maximum atomic E-state index is 12.5. The van der Waals surface area contributed by atoms with Gasteiger partial charge in [0.1, 0.15) is 4.90 Å². The topological polar surface area (TPSA) is 96.5 Å². The number of nitrogens with two attached hydrogens (primary N) is 1. The number of hydrogen-bond donors (Lipinski definition) is 2. The Hall–Kier alpha value is -1.02. The Morgan fingerprint density at radius 3 is 2.67 bits per heavy atom. The third-order valence-corrected chi connectivity index (χ3v) is 4.67. The van der Waals surface area contributed by atoms with Gasteiger partial charge in [0.05, 0.1) is 12.3 Å². The van der Waals surface area contributed by atoms with Crippen LogP contribution in [-0.2, 0) is 16.6 Å². The Balaban J connectivity index is 3.26. The number of pyridine rings is 1. The second kappa shape index (κ2) is 6.24. The Bertz CT molecular complexity index is 488. The van der Waals surface area contributed by atoms with Crippen LogP contribution in [0.1, 0.15) is 19.5 Å². The van der Waals surface area contributed by atoms with E-state index in [-0.39, 0.29) is 30.6 Å². The van der Waals surface area contributed by atoms with Gasteiger partial charge in [-0.25, -0.2) is 8.42 Å². The lowest BCUT2D eigenvalue weighted by Crippen LogP contribution is -2.39. The van der Waals surface area contributed by atoms with E-state index in [1.165, 1.54) is 16.6 Å². The van der Waals surface area contributed by atoms with Gasteiger partial charge in [-0.2, -0.15) is 4.31 Å². The van der Waals surface area contributed by atoms with Crippen molar-refractivity contribution in [2.24, 2.45) is 5.73 Å². The van der Waals surface area contributed by atoms with Gasteiger partial charge in [-0.1, -0.05) is 0 Å². The quantitative estimate of drug-likeness (QED) is 0.756. The molecule has 0 spiro atoms. The SMILES string of the molecule is CC(C)N(CCO)S(=O)(=O)c1cccnc1CN. The molecule has 0 aliphatic rings. The van der Waals surface area contributed by atoms with Crippen molar-refractivity contribution in [3.8, 4) is 0 Å². The van der Waals surface area contributed by atoms with Crippen LogP contribution in [0.25, 0.3) is 0 Å². The zero-order valence-electron chi connectivity index (χ0n) is 10.6. The lowest BCUT2D eigenvalue weighted by molar-refractivity contribution is 0.236. The van der Waals surface area contributed by atoms with Crippen LogP contribution in [0.5, 0.6) is 0 Å². The summed E-state index contributed by atoms with van der Waals surface area (Å²) < 4.78 is 26.2. The van der Waals surface area contributed by atoms with Gasteiger partial charge in [-0.3, -0.25) is 4.98 Å². The molecule has 3 N–H and O–H groups in total. The van der Waals surface area contributed by atoms with E-state index < -0.39 is 10.0 Å². The highest BCUT2D eigenvalue weighted by molar-refractivity contribution is 7.89. The van der Waals surface area contributed by atoms with Gasteiger partial charge in [0.2, 0.25) is 10.0 Å². The molecule has 18 heavy (non-hydrogen) atoms. The molecule has 0 atom stereocenters. The highest BCUT2D eigenvalue weighted by Gasteiger charge is 2.28. The minimum atomic E-state index is -3.67. The van der Waals surface area contributed by atoms with E-state index >= 15 is 0 Å². The summed E-state index contributed by atoms with van der Waals surface area (Å²) in [5.41, 5.74) is 5.84. The molecule has 0 fully saturated rings. The lowest BCUT2D eigenvalue weighted by atomic mass is 10.3. The molecule has 0 amide bonds. The third kappa shape index (κ3) is 3.05. The van der Waals surface area contributed by atoms with Crippen molar-refractivity contribution in [1.82, 2.24) is 9.29 Å². The summed E-state index contributed by atoms with van der Waals surface area (Å²) in [4.78, 5) is 4.08. The molecular formula is C11H19N3O3S. The van der Waals surface area contributed by atoms with Crippen molar-refractivity contribution < 1.29 is 13.5 Å². The first kappa shape index (κ1) is 15.0. The van der Waals surface area contributed by atoms with E-state index in [0.717, 1.165) is 0 Å². The summed E-state index contributed by atoms with van der Waals surface area (Å²) in [6.45, 7) is 3.40. The number of aromatic nitrogens is 1. The van der Waals surface area contributed by atoms with Crippen LogP contribution in [-0.4, -0.2) is 42.0 Å². The van der Waals surface area contributed by atoms with Gasteiger partial charge in [-0.15, -0.1) is 0 Å². The number of hydrogen-bond acceptors (Lipinski definition) is 5. The van der Waals surface area contributed by atoms with E-state index in [2.05, 4.69) is 4.98 Å². The molecule has 0 saturated heterocycles. The second-order valence-corrected chi connectivity index (χ2v) is 5.94. The lowest BCUT2D eigenvalue weighted by Gasteiger charge is -2.25. The van der Waals surface area contributed by atoms with Crippen LogP contribution in [0.15, 0.2) is 23.2 Å². The van der Waals surface area contributed by atoms with Crippen LogP contribution in [0.4, 0.5) is 0 Å². The molecule has 0 saturated carbocycles. The summed E-state index contributed by atoms with van der Waals surface area (Å²) in [7, 11) is -3.67. The Labute approximate surface area is 107 Å². The molecule has 1 rings (SSSR count). The van der Waals surface area contributed by atoms with Crippen molar-refractivity contribution in [3.63, 3.8) is 0 Å². The molecule has 102 valence electrons. The zero-order chi connectivity index (χ0) is 13.8. The average Bonchev–Trinajstić information content (AvgIpc) is 2.35. The molecule has 0 aliphatic heterocycles. The van der Waals surface area contributed by atoms with Crippen molar-refractivity contribution in [3.05, 3.63) is 24.0 Å². The summed E-state index contributed by atoms with van der Waals surface area (Å²) >= 11 is 0. The van der Waals surface area contributed by atoms with Crippen LogP contribution < -0.4 is 5.73 Å². The minimum Gasteiger partial charge on any atom is -0.395 e. The van der Waals surface area contributed by atoms with Crippen molar-refractivity contribution in [2.75, 3.05) is 13.2 Å². The summed E-state index contributed by atoms with van der Waals surface area (Å²) in [5, 5.41) is 8.98. The van der Waals surface area contributed by atoms with E-state index in [4.69, 9.17) is 10.8 Å². The molecule has 0 aliphatic carbocycles. The van der Waals surface area contributed by atoms with Crippen molar-refractivity contribution in [2.45, 2.75) is 31.3 Å². The van der Waals surface area contributed by atoms with Gasteiger partial charge < -0.3 is 10.8 Å². The first-order valence-electron chi connectivity index (χ1n) is 5.71. The maximum absolute atomic E-state index is 12.5. The summed E-state index contributed by atoms with van der Waals surface area (Å²) in [6.07, 6.45) is 1.51. The van der Waals surface area contributed by atoms with Gasteiger partial charge in [0.25, 0.3) is 0 Å². The number of rotatable bonds is 6. The summed E-state index contributed by atoms with van der Waals surface area (Å²) in [5.74, 6) is 0. The predicted octanol–water partition coefficient (Wildman–Crippen LogP) is -0.0683. The molecule has 0 radical (unpaired) electrons. The monoisotopic (exact) mass is 273 g/mol. The van der Waals surface area contributed by atoms with E-state index in [0.29, 0.717) is 5.69 Å². The molecule has 7 heteroatoms. The molecular weight excluding hydrogens is 254 g/mol. The second-order valence-electron chi connectivity index (χ2n) is 4.09. The zero-order valence-corrected chi connectivity index (χ0v) is 11.4. The summed E-state index contributed by atoms with van der Waals surface area (Å²) in [6, 6.07) is 2.80. The smallest absolute Gasteiger partial charge is 0.245 e. The van der Waals surface area contributed by atoms with E-state index in [9.17, 15) is 8.42 Å². The van der Waals surface area contributed by atoms with E-state index in [1.54, 1.807) is 19.9 Å². The largest absolute Gasteiger partial charge is 0.395 e. The molecule has 6 nitrogen and oxygen atoms in total. The standard InChI is InChI=1S/C11H19N3O3S/c1-9(2)14(6-7-15)18(16,17)11-4-3-5-13-10(11)8-12/h3-5,9,15H,6-8,12H2,1-2H3. The molecule has 1 aromatic heterocycles. The Morgan fingerprint density at radius 2 is 2.17 bits per heavy atom. The molecule has 0 bridgehead atoms. The van der Waals surface area contributed by atoms with Gasteiger partial charge in [0, 0.05) is 25.3 Å². The highest BCUT2D eigenvalue weighted by atomic mass is 32.2. The fourth-order valence-corrected chi connectivity index (χ4v) is 3.51. The fraction of sp³-hybridized carbons (Fsp3) is 0.545. The molecule has 0 unspecified atom stereocenters. The van der Waals surface area contributed by atoms with Crippen LogP contribution >= 0.6 is 0 Å². The highest BCUT2D eigenvalue weighted by Crippen LogP contribution is 2.20. The number of nitrogens with zero attached hydrogens (tertiary/aromatic N) is 2. The average molecular weight is 273 g/mol. The van der Waals surface area contributed by atoms with Crippen LogP contribution in [0.2, 0.25) is 0 Å².